The molecule has 2 aromatic carbocycles. The SMILES string of the molecule is COc1ccc(Nc2cc(C)nc3c(C)cc(C)cc23)cc1OC. The monoisotopic (exact) mass is 322 g/mol. The van der Waals surface area contributed by atoms with Crippen LogP contribution in [0.3, 0.4) is 0 Å². The molecule has 0 bridgehead atoms. The number of anilines is 2. The van der Waals surface area contributed by atoms with Crippen molar-refractivity contribution in [2.24, 2.45) is 0 Å². The van der Waals surface area contributed by atoms with Crippen LogP contribution in [0, 0.1) is 20.8 Å². The zero-order chi connectivity index (χ0) is 17.3. The molecule has 0 spiro atoms. The lowest BCUT2D eigenvalue weighted by molar-refractivity contribution is 0.355. The number of benzene rings is 2. The minimum atomic E-state index is 0.699. The van der Waals surface area contributed by atoms with Crippen LogP contribution in [-0.2, 0) is 0 Å². The van der Waals surface area contributed by atoms with Crippen LogP contribution in [0.25, 0.3) is 10.9 Å². The Morgan fingerprint density at radius 3 is 2.33 bits per heavy atom. The first-order valence-electron chi connectivity index (χ1n) is 7.89. The first kappa shape index (κ1) is 16.1. The molecule has 4 nitrogen and oxygen atoms in total. The van der Waals surface area contributed by atoms with E-state index in [0.717, 1.165) is 28.0 Å². The molecule has 0 unspecified atom stereocenters. The predicted octanol–water partition coefficient (Wildman–Crippen LogP) is 4.92. The van der Waals surface area contributed by atoms with Gasteiger partial charge in [0.1, 0.15) is 0 Å². The lowest BCUT2D eigenvalue weighted by Crippen LogP contribution is -1.98. The molecular formula is C20H22N2O2. The van der Waals surface area contributed by atoms with E-state index in [0.29, 0.717) is 11.5 Å². The maximum absolute atomic E-state index is 5.39. The zero-order valence-corrected chi connectivity index (χ0v) is 14.7. The molecular weight excluding hydrogens is 300 g/mol. The molecule has 0 radical (unpaired) electrons. The van der Waals surface area contributed by atoms with Crippen LogP contribution in [0.15, 0.2) is 36.4 Å². The molecule has 0 atom stereocenters. The van der Waals surface area contributed by atoms with E-state index in [-0.39, 0.29) is 0 Å². The topological polar surface area (TPSA) is 43.4 Å². The van der Waals surface area contributed by atoms with Crippen molar-refractivity contribution in [2.75, 3.05) is 19.5 Å². The molecule has 0 saturated carbocycles. The second-order valence-electron chi connectivity index (χ2n) is 5.98. The van der Waals surface area contributed by atoms with Gasteiger partial charge in [-0.15, -0.1) is 0 Å². The number of nitrogens with one attached hydrogen (secondary N) is 1. The quantitative estimate of drug-likeness (QED) is 0.740. The van der Waals surface area contributed by atoms with E-state index in [9.17, 15) is 0 Å². The Morgan fingerprint density at radius 2 is 1.62 bits per heavy atom. The molecule has 0 aliphatic rings. The number of pyridine rings is 1. The Labute approximate surface area is 142 Å². The number of rotatable bonds is 4. The van der Waals surface area contributed by atoms with Gasteiger partial charge in [0, 0.05) is 28.5 Å². The van der Waals surface area contributed by atoms with Crippen LogP contribution in [0.1, 0.15) is 16.8 Å². The van der Waals surface area contributed by atoms with E-state index in [2.05, 4.69) is 37.4 Å². The average Bonchev–Trinajstić information content (AvgIpc) is 2.55. The van der Waals surface area contributed by atoms with Crippen LogP contribution in [0.2, 0.25) is 0 Å². The highest BCUT2D eigenvalue weighted by molar-refractivity contribution is 5.95. The Morgan fingerprint density at radius 1 is 0.875 bits per heavy atom. The largest absolute Gasteiger partial charge is 0.493 e. The minimum absolute atomic E-state index is 0.699. The number of methoxy groups -OCH3 is 2. The van der Waals surface area contributed by atoms with Crippen molar-refractivity contribution in [2.45, 2.75) is 20.8 Å². The van der Waals surface area contributed by atoms with E-state index in [4.69, 9.17) is 14.5 Å². The molecule has 1 aromatic heterocycles. The van der Waals surface area contributed by atoms with E-state index in [1.165, 1.54) is 11.1 Å². The number of hydrogen-bond acceptors (Lipinski definition) is 4. The second-order valence-corrected chi connectivity index (χ2v) is 5.98. The Bertz CT molecular complexity index is 904. The fourth-order valence-corrected chi connectivity index (χ4v) is 2.98. The first-order valence-corrected chi connectivity index (χ1v) is 7.89. The molecule has 0 aliphatic heterocycles. The molecule has 24 heavy (non-hydrogen) atoms. The summed E-state index contributed by atoms with van der Waals surface area (Å²) >= 11 is 0. The standard InChI is InChI=1S/C20H22N2O2/c1-12-8-13(2)20-16(9-12)17(10-14(3)21-20)22-15-6-7-18(23-4)19(11-15)24-5/h6-11H,1-5H3,(H,21,22). The third kappa shape index (κ3) is 3.00. The zero-order valence-electron chi connectivity index (χ0n) is 14.7. The van der Waals surface area contributed by atoms with Crippen molar-refractivity contribution in [3.05, 3.63) is 53.2 Å². The highest BCUT2D eigenvalue weighted by atomic mass is 16.5. The summed E-state index contributed by atoms with van der Waals surface area (Å²) in [6.45, 7) is 6.22. The van der Waals surface area contributed by atoms with Gasteiger partial charge >= 0.3 is 0 Å². The summed E-state index contributed by atoms with van der Waals surface area (Å²) in [5.74, 6) is 1.41. The van der Waals surface area contributed by atoms with Gasteiger partial charge in [-0.2, -0.15) is 0 Å². The molecule has 0 saturated heterocycles. The molecule has 1 heterocycles. The summed E-state index contributed by atoms with van der Waals surface area (Å²) in [4.78, 5) is 4.69. The maximum Gasteiger partial charge on any atom is 0.162 e. The number of hydrogen-bond donors (Lipinski definition) is 1. The third-order valence-electron chi connectivity index (χ3n) is 4.04. The molecule has 0 amide bonds. The summed E-state index contributed by atoms with van der Waals surface area (Å²) in [5, 5.41) is 4.61. The van der Waals surface area contributed by atoms with Gasteiger partial charge in [0.05, 0.1) is 19.7 Å². The number of nitrogens with zero attached hydrogens (tertiary/aromatic N) is 1. The molecule has 3 rings (SSSR count). The van der Waals surface area contributed by atoms with Gasteiger partial charge in [-0.05, 0) is 50.6 Å². The summed E-state index contributed by atoms with van der Waals surface area (Å²) in [6.07, 6.45) is 0. The van der Waals surface area contributed by atoms with Gasteiger partial charge in [-0.3, -0.25) is 4.98 Å². The predicted molar refractivity (Wildman–Crippen MR) is 98.8 cm³/mol. The van der Waals surface area contributed by atoms with Gasteiger partial charge in [0.15, 0.2) is 11.5 Å². The third-order valence-corrected chi connectivity index (χ3v) is 4.04. The van der Waals surface area contributed by atoms with Crippen molar-refractivity contribution in [1.82, 2.24) is 4.98 Å². The average molecular weight is 322 g/mol. The molecule has 1 N–H and O–H groups in total. The van der Waals surface area contributed by atoms with Crippen molar-refractivity contribution in [3.8, 4) is 11.5 Å². The Hall–Kier alpha value is -2.75. The number of ether oxygens (including phenoxy) is 2. The van der Waals surface area contributed by atoms with Gasteiger partial charge < -0.3 is 14.8 Å². The van der Waals surface area contributed by atoms with Crippen molar-refractivity contribution in [3.63, 3.8) is 0 Å². The summed E-state index contributed by atoms with van der Waals surface area (Å²) < 4.78 is 10.7. The van der Waals surface area contributed by atoms with Crippen molar-refractivity contribution in [1.29, 1.82) is 0 Å². The maximum atomic E-state index is 5.39. The Kier molecular flexibility index (Phi) is 4.30. The van der Waals surface area contributed by atoms with Gasteiger partial charge in [0.2, 0.25) is 0 Å². The van der Waals surface area contributed by atoms with E-state index >= 15 is 0 Å². The number of fused-ring (bicyclic) bond motifs is 1. The van der Waals surface area contributed by atoms with Gasteiger partial charge in [-0.25, -0.2) is 0 Å². The minimum Gasteiger partial charge on any atom is -0.493 e. The number of aromatic nitrogens is 1. The van der Waals surface area contributed by atoms with E-state index < -0.39 is 0 Å². The molecule has 4 heteroatoms. The Balaban J connectivity index is 2.10. The first-order chi connectivity index (χ1) is 11.5. The lowest BCUT2D eigenvalue weighted by atomic mass is 10.0. The van der Waals surface area contributed by atoms with Crippen molar-refractivity contribution < 1.29 is 9.47 Å². The van der Waals surface area contributed by atoms with Gasteiger partial charge in [0.25, 0.3) is 0 Å². The fraction of sp³-hybridized carbons (Fsp3) is 0.250. The highest BCUT2D eigenvalue weighted by Gasteiger charge is 2.10. The highest BCUT2D eigenvalue weighted by Crippen LogP contribution is 2.33. The van der Waals surface area contributed by atoms with Crippen LogP contribution < -0.4 is 14.8 Å². The summed E-state index contributed by atoms with van der Waals surface area (Å²) in [6, 6.07) is 12.2. The van der Waals surface area contributed by atoms with Crippen LogP contribution in [0.4, 0.5) is 11.4 Å². The summed E-state index contributed by atoms with van der Waals surface area (Å²) in [7, 11) is 3.27. The van der Waals surface area contributed by atoms with E-state index in [1.807, 2.05) is 25.1 Å². The molecule has 124 valence electrons. The number of aryl methyl sites for hydroxylation is 3. The van der Waals surface area contributed by atoms with Crippen molar-refractivity contribution >= 4 is 22.3 Å². The van der Waals surface area contributed by atoms with Crippen LogP contribution in [0.5, 0.6) is 11.5 Å². The normalized spacial score (nSPS) is 10.7. The molecule has 0 fully saturated rings. The van der Waals surface area contributed by atoms with Crippen LogP contribution in [-0.4, -0.2) is 19.2 Å². The second kappa shape index (κ2) is 6.40. The lowest BCUT2D eigenvalue weighted by Gasteiger charge is -2.15. The smallest absolute Gasteiger partial charge is 0.162 e. The van der Waals surface area contributed by atoms with Gasteiger partial charge in [-0.1, -0.05) is 11.6 Å². The van der Waals surface area contributed by atoms with E-state index in [1.54, 1.807) is 14.2 Å². The fourth-order valence-electron chi connectivity index (χ4n) is 2.98. The summed E-state index contributed by atoms with van der Waals surface area (Å²) in [5.41, 5.74) is 6.40. The van der Waals surface area contributed by atoms with Crippen LogP contribution >= 0.6 is 0 Å². The molecule has 3 aromatic rings. The molecule has 0 aliphatic carbocycles.